The first-order valence-electron chi connectivity index (χ1n) is 7.92. The molecule has 2 unspecified atom stereocenters. The van der Waals surface area contributed by atoms with Crippen LogP contribution in [0.2, 0.25) is 0 Å². The highest BCUT2D eigenvalue weighted by molar-refractivity contribution is 5.75. The van der Waals surface area contributed by atoms with E-state index in [0.717, 1.165) is 38.5 Å². The molecule has 21 heavy (non-hydrogen) atoms. The number of ether oxygens (including phenoxy) is 1. The van der Waals surface area contributed by atoms with Crippen molar-refractivity contribution >= 4 is 12.0 Å². The van der Waals surface area contributed by atoms with Crippen LogP contribution in [0.3, 0.4) is 0 Å². The standard InChI is InChI=1S/C15H26N2O4/c1-21-13-5-3-2-4-12(13)17-15(20)16-11-8-6-10(7-9-11)14(18)19/h10-13H,2-9H2,1H3,(H,18,19)(H2,16,17,20). The Kier molecular flexibility index (Phi) is 5.85. The van der Waals surface area contributed by atoms with Crippen LogP contribution in [0.25, 0.3) is 0 Å². The molecule has 2 atom stereocenters. The van der Waals surface area contributed by atoms with E-state index in [1.54, 1.807) is 7.11 Å². The number of amides is 2. The Morgan fingerprint density at radius 1 is 1.00 bits per heavy atom. The van der Waals surface area contributed by atoms with Gasteiger partial charge in [-0.2, -0.15) is 0 Å². The average Bonchev–Trinajstić information content (AvgIpc) is 2.48. The van der Waals surface area contributed by atoms with Gasteiger partial charge in [-0.25, -0.2) is 4.79 Å². The number of carboxylic acids is 1. The predicted octanol–water partition coefficient (Wildman–Crippen LogP) is 1.89. The molecule has 0 bridgehead atoms. The van der Waals surface area contributed by atoms with Crippen LogP contribution >= 0.6 is 0 Å². The van der Waals surface area contributed by atoms with E-state index in [4.69, 9.17) is 9.84 Å². The summed E-state index contributed by atoms with van der Waals surface area (Å²) in [6.07, 6.45) is 7.09. The van der Waals surface area contributed by atoms with Gasteiger partial charge in [0.25, 0.3) is 0 Å². The minimum atomic E-state index is -0.719. The molecule has 120 valence electrons. The largest absolute Gasteiger partial charge is 0.481 e. The normalized spacial score (nSPS) is 33.2. The second-order valence-electron chi connectivity index (χ2n) is 6.17. The number of urea groups is 1. The number of hydrogen-bond donors (Lipinski definition) is 3. The van der Waals surface area contributed by atoms with E-state index in [9.17, 15) is 9.59 Å². The van der Waals surface area contributed by atoms with Crippen LogP contribution in [0.15, 0.2) is 0 Å². The van der Waals surface area contributed by atoms with Gasteiger partial charge in [0, 0.05) is 13.2 Å². The van der Waals surface area contributed by atoms with Crippen LogP contribution in [-0.2, 0) is 9.53 Å². The van der Waals surface area contributed by atoms with Crippen molar-refractivity contribution < 1.29 is 19.4 Å². The van der Waals surface area contributed by atoms with Gasteiger partial charge in [0.2, 0.25) is 0 Å². The van der Waals surface area contributed by atoms with Gasteiger partial charge in [-0.15, -0.1) is 0 Å². The SMILES string of the molecule is COC1CCCCC1NC(=O)NC1CCC(C(=O)O)CC1. The molecule has 2 fully saturated rings. The first-order chi connectivity index (χ1) is 10.1. The van der Waals surface area contributed by atoms with E-state index < -0.39 is 5.97 Å². The molecule has 2 rings (SSSR count). The lowest BCUT2D eigenvalue weighted by Gasteiger charge is -2.32. The first kappa shape index (κ1) is 16.1. The lowest BCUT2D eigenvalue weighted by molar-refractivity contribution is -0.142. The third-order valence-electron chi connectivity index (χ3n) is 4.73. The van der Waals surface area contributed by atoms with Crippen molar-refractivity contribution in [2.75, 3.05) is 7.11 Å². The molecule has 0 spiro atoms. The molecule has 2 saturated carbocycles. The highest BCUT2D eigenvalue weighted by Gasteiger charge is 2.29. The molecule has 0 aliphatic heterocycles. The fourth-order valence-electron chi connectivity index (χ4n) is 3.42. The summed E-state index contributed by atoms with van der Waals surface area (Å²) in [5.74, 6) is -0.967. The summed E-state index contributed by atoms with van der Waals surface area (Å²) in [5, 5.41) is 14.9. The third-order valence-corrected chi connectivity index (χ3v) is 4.73. The van der Waals surface area contributed by atoms with Crippen LogP contribution < -0.4 is 10.6 Å². The number of carbonyl (C=O) groups excluding carboxylic acids is 1. The van der Waals surface area contributed by atoms with Crippen molar-refractivity contribution in [1.82, 2.24) is 10.6 Å². The molecule has 0 aromatic rings. The average molecular weight is 298 g/mol. The molecule has 0 radical (unpaired) electrons. The molecule has 6 heteroatoms. The van der Waals surface area contributed by atoms with Gasteiger partial charge in [-0.1, -0.05) is 12.8 Å². The molecule has 0 aromatic heterocycles. The highest BCUT2D eigenvalue weighted by Crippen LogP contribution is 2.24. The Morgan fingerprint density at radius 2 is 1.67 bits per heavy atom. The molecule has 0 saturated heterocycles. The number of rotatable bonds is 4. The highest BCUT2D eigenvalue weighted by atomic mass is 16.5. The summed E-state index contributed by atoms with van der Waals surface area (Å²) < 4.78 is 5.43. The maximum absolute atomic E-state index is 12.1. The molecular formula is C15H26N2O4. The summed E-state index contributed by atoms with van der Waals surface area (Å²) >= 11 is 0. The van der Waals surface area contributed by atoms with Gasteiger partial charge in [-0.05, 0) is 38.5 Å². The second kappa shape index (κ2) is 7.64. The molecule has 2 aliphatic carbocycles. The smallest absolute Gasteiger partial charge is 0.315 e. The van der Waals surface area contributed by atoms with Crippen molar-refractivity contribution in [3.63, 3.8) is 0 Å². The molecular weight excluding hydrogens is 272 g/mol. The van der Waals surface area contributed by atoms with Crippen LogP contribution in [0, 0.1) is 5.92 Å². The summed E-state index contributed by atoms with van der Waals surface area (Å²) in [5.41, 5.74) is 0. The molecule has 3 N–H and O–H groups in total. The van der Waals surface area contributed by atoms with E-state index >= 15 is 0 Å². The monoisotopic (exact) mass is 298 g/mol. The van der Waals surface area contributed by atoms with Crippen LogP contribution in [0.1, 0.15) is 51.4 Å². The van der Waals surface area contributed by atoms with Gasteiger partial charge < -0.3 is 20.5 Å². The van der Waals surface area contributed by atoms with Crippen molar-refractivity contribution in [3.05, 3.63) is 0 Å². The van der Waals surface area contributed by atoms with Gasteiger partial charge >= 0.3 is 12.0 Å². The van der Waals surface area contributed by atoms with E-state index in [1.807, 2.05) is 0 Å². The van der Waals surface area contributed by atoms with Gasteiger partial charge in [-0.3, -0.25) is 4.79 Å². The molecule has 0 aromatic carbocycles. The van der Waals surface area contributed by atoms with E-state index in [2.05, 4.69) is 10.6 Å². The third kappa shape index (κ3) is 4.59. The zero-order valence-electron chi connectivity index (χ0n) is 12.6. The van der Waals surface area contributed by atoms with Crippen molar-refractivity contribution in [2.45, 2.75) is 69.6 Å². The Labute approximate surface area is 125 Å². The Morgan fingerprint density at radius 3 is 2.29 bits per heavy atom. The number of nitrogens with one attached hydrogen (secondary N) is 2. The van der Waals surface area contributed by atoms with Crippen LogP contribution in [-0.4, -0.2) is 42.4 Å². The summed E-state index contributed by atoms with van der Waals surface area (Å²) in [4.78, 5) is 23.0. The number of aliphatic carboxylic acids is 1. The first-order valence-corrected chi connectivity index (χ1v) is 7.92. The predicted molar refractivity (Wildman–Crippen MR) is 78.1 cm³/mol. The molecule has 0 heterocycles. The van der Waals surface area contributed by atoms with Gasteiger partial charge in [0.1, 0.15) is 0 Å². The quantitative estimate of drug-likeness (QED) is 0.739. The van der Waals surface area contributed by atoms with E-state index in [0.29, 0.717) is 12.8 Å². The van der Waals surface area contributed by atoms with Gasteiger partial charge in [0.05, 0.1) is 18.1 Å². The summed E-state index contributed by atoms with van der Waals surface area (Å²) in [7, 11) is 1.69. The Bertz CT molecular complexity index is 367. The zero-order chi connectivity index (χ0) is 15.2. The molecule has 2 aliphatic rings. The Hall–Kier alpha value is -1.30. The topological polar surface area (TPSA) is 87.7 Å². The number of hydrogen-bond acceptors (Lipinski definition) is 3. The lowest BCUT2D eigenvalue weighted by atomic mass is 9.86. The van der Waals surface area contributed by atoms with Gasteiger partial charge in [0.15, 0.2) is 0 Å². The van der Waals surface area contributed by atoms with E-state index in [-0.39, 0.29) is 30.1 Å². The van der Waals surface area contributed by atoms with E-state index in [1.165, 1.54) is 0 Å². The van der Waals surface area contributed by atoms with Crippen LogP contribution in [0.4, 0.5) is 4.79 Å². The minimum Gasteiger partial charge on any atom is -0.481 e. The number of carboxylic acid groups (broad SMARTS) is 1. The number of methoxy groups -OCH3 is 1. The second-order valence-corrected chi connectivity index (χ2v) is 6.17. The lowest BCUT2D eigenvalue weighted by Crippen LogP contribution is -2.52. The summed E-state index contributed by atoms with van der Waals surface area (Å²) in [6, 6.07) is 0.0204. The fourth-order valence-corrected chi connectivity index (χ4v) is 3.42. The summed E-state index contributed by atoms with van der Waals surface area (Å²) in [6.45, 7) is 0. The maximum Gasteiger partial charge on any atom is 0.315 e. The number of carbonyl (C=O) groups is 2. The fraction of sp³-hybridized carbons (Fsp3) is 0.867. The Balaban J connectivity index is 1.73. The van der Waals surface area contributed by atoms with Crippen molar-refractivity contribution in [3.8, 4) is 0 Å². The minimum absolute atomic E-state index is 0.0825. The van der Waals surface area contributed by atoms with Crippen molar-refractivity contribution in [2.24, 2.45) is 5.92 Å². The molecule has 6 nitrogen and oxygen atoms in total. The van der Waals surface area contributed by atoms with Crippen molar-refractivity contribution in [1.29, 1.82) is 0 Å². The zero-order valence-corrected chi connectivity index (χ0v) is 12.6. The maximum atomic E-state index is 12.1. The van der Waals surface area contributed by atoms with Crippen LogP contribution in [0.5, 0.6) is 0 Å². The molecule has 2 amide bonds.